The predicted octanol–water partition coefficient (Wildman–Crippen LogP) is 4.15. The number of amides is 1. The molecule has 0 atom stereocenters. The van der Waals surface area contributed by atoms with Crippen molar-refractivity contribution in [2.45, 2.75) is 6.18 Å². The van der Waals surface area contributed by atoms with E-state index in [1.807, 2.05) is 0 Å². The summed E-state index contributed by atoms with van der Waals surface area (Å²) >= 11 is 5.54. The third-order valence-electron chi connectivity index (χ3n) is 2.53. The van der Waals surface area contributed by atoms with Crippen LogP contribution < -0.4 is 5.32 Å². The molecule has 1 amide bonds. The highest BCUT2D eigenvalue weighted by Crippen LogP contribution is 2.31. The maximum atomic E-state index is 13.5. The standard InChI is InChI=1S/C13H7ClF4N2O/c14-11-4-1-7(6-19-11)12(21)20-10-5-8(13(16,17)18)2-3-9(10)15/h1-6H,(H,20,21). The van der Waals surface area contributed by atoms with E-state index in [1.54, 1.807) is 0 Å². The fourth-order valence-electron chi connectivity index (χ4n) is 1.50. The van der Waals surface area contributed by atoms with E-state index in [1.165, 1.54) is 12.1 Å². The number of hydrogen-bond donors (Lipinski definition) is 1. The number of benzene rings is 1. The highest BCUT2D eigenvalue weighted by Gasteiger charge is 2.31. The van der Waals surface area contributed by atoms with Crippen molar-refractivity contribution in [1.29, 1.82) is 0 Å². The summed E-state index contributed by atoms with van der Waals surface area (Å²) in [6.07, 6.45) is -3.50. The van der Waals surface area contributed by atoms with Crippen LogP contribution in [0.15, 0.2) is 36.5 Å². The summed E-state index contributed by atoms with van der Waals surface area (Å²) in [5.41, 5.74) is -1.59. The van der Waals surface area contributed by atoms with Crippen LogP contribution in [0.3, 0.4) is 0 Å². The van der Waals surface area contributed by atoms with Gasteiger partial charge in [0.25, 0.3) is 5.91 Å². The Balaban J connectivity index is 2.26. The van der Waals surface area contributed by atoms with E-state index in [2.05, 4.69) is 10.3 Å². The molecule has 0 aliphatic carbocycles. The topological polar surface area (TPSA) is 42.0 Å². The molecule has 0 radical (unpaired) electrons. The average molecular weight is 319 g/mol. The lowest BCUT2D eigenvalue weighted by atomic mass is 10.1. The highest BCUT2D eigenvalue weighted by molar-refractivity contribution is 6.29. The molecule has 0 saturated carbocycles. The third kappa shape index (κ3) is 3.69. The van der Waals surface area contributed by atoms with Gasteiger partial charge in [-0.3, -0.25) is 4.79 Å². The van der Waals surface area contributed by atoms with Gasteiger partial charge in [0.2, 0.25) is 0 Å². The van der Waals surface area contributed by atoms with Gasteiger partial charge in [-0.2, -0.15) is 13.2 Å². The molecule has 0 aliphatic rings. The molecular weight excluding hydrogens is 312 g/mol. The Kier molecular flexibility index (Phi) is 4.13. The summed E-state index contributed by atoms with van der Waals surface area (Å²) in [6, 6.07) is 4.40. The van der Waals surface area contributed by atoms with E-state index in [0.29, 0.717) is 18.2 Å². The first kappa shape index (κ1) is 15.2. The van der Waals surface area contributed by atoms with Crippen molar-refractivity contribution in [2.24, 2.45) is 0 Å². The highest BCUT2D eigenvalue weighted by atomic mass is 35.5. The van der Waals surface area contributed by atoms with Gasteiger partial charge in [-0.25, -0.2) is 9.37 Å². The second kappa shape index (κ2) is 5.69. The molecule has 1 aromatic carbocycles. The molecule has 8 heteroatoms. The lowest BCUT2D eigenvalue weighted by Crippen LogP contribution is -2.14. The number of anilines is 1. The van der Waals surface area contributed by atoms with Gasteiger partial charge in [-0.15, -0.1) is 0 Å². The van der Waals surface area contributed by atoms with Crippen LogP contribution in [0.5, 0.6) is 0 Å². The molecule has 1 heterocycles. The molecule has 3 nitrogen and oxygen atoms in total. The zero-order chi connectivity index (χ0) is 15.6. The van der Waals surface area contributed by atoms with E-state index >= 15 is 0 Å². The number of hydrogen-bond acceptors (Lipinski definition) is 2. The van der Waals surface area contributed by atoms with Crippen molar-refractivity contribution in [3.63, 3.8) is 0 Å². The summed E-state index contributed by atoms with van der Waals surface area (Å²) < 4.78 is 51.1. The van der Waals surface area contributed by atoms with E-state index < -0.39 is 29.2 Å². The Morgan fingerprint density at radius 3 is 2.48 bits per heavy atom. The van der Waals surface area contributed by atoms with Crippen LogP contribution in [0.1, 0.15) is 15.9 Å². The molecule has 21 heavy (non-hydrogen) atoms. The minimum atomic E-state index is -4.63. The van der Waals surface area contributed by atoms with Crippen molar-refractivity contribution < 1.29 is 22.4 Å². The number of nitrogens with one attached hydrogen (secondary N) is 1. The Labute approximate surface area is 121 Å². The van der Waals surface area contributed by atoms with Crippen LogP contribution in [0, 0.1) is 5.82 Å². The quantitative estimate of drug-likeness (QED) is 0.668. The number of nitrogens with zero attached hydrogens (tertiary/aromatic N) is 1. The minimum absolute atomic E-state index is 0.0382. The number of aromatic nitrogens is 1. The largest absolute Gasteiger partial charge is 0.416 e. The number of pyridine rings is 1. The van der Waals surface area contributed by atoms with E-state index in [0.717, 1.165) is 6.20 Å². The predicted molar refractivity (Wildman–Crippen MR) is 68.6 cm³/mol. The Hall–Kier alpha value is -2.15. The second-order valence-electron chi connectivity index (χ2n) is 4.02. The number of carbonyl (C=O) groups excluding carboxylic acids is 1. The molecule has 0 aliphatic heterocycles. The summed E-state index contributed by atoms with van der Waals surface area (Å²) in [5, 5.41) is 2.21. The van der Waals surface area contributed by atoms with Gasteiger partial charge in [0, 0.05) is 6.20 Å². The molecule has 0 bridgehead atoms. The first-order chi connectivity index (χ1) is 9.77. The van der Waals surface area contributed by atoms with Crippen molar-refractivity contribution in [3.8, 4) is 0 Å². The van der Waals surface area contributed by atoms with Gasteiger partial charge < -0.3 is 5.32 Å². The number of carbonyl (C=O) groups is 1. The van der Waals surface area contributed by atoms with Crippen LogP contribution in [0.25, 0.3) is 0 Å². The smallest absolute Gasteiger partial charge is 0.319 e. The minimum Gasteiger partial charge on any atom is -0.319 e. The first-order valence-corrected chi connectivity index (χ1v) is 5.95. The van der Waals surface area contributed by atoms with Crippen molar-refractivity contribution >= 4 is 23.2 Å². The molecule has 2 rings (SSSR count). The molecule has 0 spiro atoms. The average Bonchev–Trinajstić information content (AvgIpc) is 2.40. The molecular formula is C13H7ClF4N2O. The maximum absolute atomic E-state index is 13.5. The number of halogens is 5. The van der Waals surface area contributed by atoms with Gasteiger partial charge in [-0.05, 0) is 30.3 Å². The van der Waals surface area contributed by atoms with Crippen LogP contribution in [0.4, 0.5) is 23.2 Å². The van der Waals surface area contributed by atoms with Crippen molar-refractivity contribution in [1.82, 2.24) is 4.98 Å². The fraction of sp³-hybridized carbons (Fsp3) is 0.0769. The number of rotatable bonds is 2. The summed E-state index contributed by atoms with van der Waals surface area (Å²) in [5.74, 6) is -1.77. The fourth-order valence-corrected chi connectivity index (χ4v) is 1.61. The summed E-state index contributed by atoms with van der Waals surface area (Å²) in [7, 11) is 0. The SMILES string of the molecule is O=C(Nc1cc(C(F)(F)F)ccc1F)c1ccc(Cl)nc1. The summed E-state index contributed by atoms with van der Waals surface area (Å²) in [4.78, 5) is 15.4. The molecule has 110 valence electrons. The summed E-state index contributed by atoms with van der Waals surface area (Å²) in [6.45, 7) is 0. The molecule has 0 fully saturated rings. The van der Waals surface area contributed by atoms with E-state index in [4.69, 9.17) is 11.6 Å². The molecule has 1 N–H and O–H groups in total. The van der Waals surface area contributed by atoms with Crippen molar-refractivity contribution in [3.05, 3.63) is 58.6 Å². The van der Waals surface area contributed by atoms with Crippen LogP contribution >= 0.6 is 11.6 Å². The van der Waals surface area contributed by atoms with Gasteiger partial charge in [0.1, 0.15) is 11.0 Å². The van der Waals surface area contributed by atoms with Crippen LogP contribution in [0.2, 0.25) is 5.15 Å². The maximum Gasteiger partial charge on any atom is 0.416 e. The van der Waals surface area contributed by atoms with Gasteiger partial charge >= 0.3 is 6.18 Å². The second-order valence-corrected chi connectivity index (χ2v) is 4.40. The Morgan fingerprint density at radius 2 is 1.90 bits per heavy atom. The van der Waals surface area contributed by atoms with Gasteiger partial charge in [0.05, 0.1) is 16.8 Å². The molecule has 0 saturated heterocycles. The number of alkyl halides is 3. The zero-order valence-electron chi connectivity index (χ0n) is 10.2. The Morgan fingerprint density at radius 1 is 1.19 bits per heavy atom. The zero-order valence-corrected chi connectivity index (χ0v) is 11.0. The molecule has 2 aromatic rings. The lowest BCUT2D eigenvalue weighted by Gasteiger charge is -2.11. The molecule has 1 aromatic heterocycles. The first-order valence-electron chi connectivity index (χ1n) is 5.57. The van der Waals surface area contributed by atoms with E-state index in [-0.39, 0.29) is 10.7 Å². The lowest BCUT2D eigenvalue weighted by molar-refractivity contribution is -0.137. The van der Waals surface area contributed by atoms with Crippen LogP contribution in [-0.4, -0.2) is 10.9 Å². The molecule has 0 unspecified atom stereocenters. The monoisotopic (exact) mass is 318 g/mol. The van der Waals surface area contributed by atoms with E-state index in [9.17, 15) is 22.4 Å². The normalized spacial score (nSPS) is 11.3. The third-order valence-corrected chi connectivity index (χ3v) is 2.76. The Bertz CT molecular complexity index is 671. The van der Waals surface area contributed by atoms with Gasteiger partial charge in [0.15, 0.2) is 0 Å². The van der Waals surface area contributed by atoms with Crippen molar-refractivity contribution in [2.75, 3.05) is 5.32 Å². The van der Waals surface area contributed by atoms with Gasteiger partial charge in [-0.1, -0.05) is 11.6 Å². The van der Waals surface area contributed by atoms with Crippen LogP contribution in [-0.2, 0) is 6.18 Å².